The number of likely N-dealkylation sites (tertiary alicyclic amines) is 1. The number of nitrogens with zero attached hydrogens (tertiary/aromatic N) is 4. The number of hydrogen-bond acceptors (Lipinski definition) is 3. The molecule has 1 aliphatic rings. The molecule has 2 aromatic heterocycles. The first-order valence-corrected chi connectivity index (χ1v) is 10.1. The van der Waals surface area contributed by atoms with Crippen LogP contribution < -0.4 is 0 Å². The van der Waals surface area contributed by atoms with Gasteiger partial charge in [-0.25, -0.2) is 4.98 Å². The molecule has 1 amide bonds. The Kier molecular flexibility index (Phi) is 5.55. The summed E-state index contributed by atoms with van der Waals surface area (Å²) >= 11 is 0. The van der Waals surface area contributed by atoms with Crippen molar-refractivity contribution in [1.82, 2.24) is 24.6 Å². The van der Waals surface area contributed by atoms with Gasteiger partial charge in [0.25, 0.3) is 0 Å². The Morgan fingerprint density at radius 2 is 2.00 bits per heavy atom. The van der Waals surface area contributed by atoms with E-state index >= 15 is 0 Å². The first-order valence-electron chi connectivity index (χ1n) is 10.1. The average Bonchev–Trinajstić information content (AvgIpc) is 3.38. The summed E-state index contributed by atoms with van der Waals surface area (Å²) in [5, 5.41) is 7.53. The van der Waals surface area contributed by atoms with E-state index in [1.165, 1.54) is 16.8 Å². The van der Waals surface area contributed by atoms with Crippen LogP contribution in [-0.4, -0.2) is 43.6 Å². The molecule has 28 heavy (non-hydrogen) atoms. The van der Waals surface area contributed by atoms with E-state index in [0.717, 1.165) is 44.6 Å². The van der Waals surface area contributed by atoms with Gasteiger partial charge in [0.15, 0.2) is 0 Å². The fraction of sp³-hybridized carbons (Fsp3) is 0.409. The van der Waals surface area contributed by atoms with Gasteiger partial charge < -0.3 is 9.47 Å². The standard InChI is InChI=1S/C22H27N5O/c1-2-20-23-10-13-27(20)16-21(28)26-11-8-18(9-12-26)22-19(15-24-25-22)14-17-6-4-3-5-7-17/h3-7,10,13,15,18H,2,8-9,11-12,14,16H2,1H3,(H,24,25). The molecule has 0 spiro atoms. The molecule has 146 valence electrons. The summed E-state index contributed by atoms with van der Waals surface area (Å²) < 4.78 is 1.96. The molecule has 1 N–H and O–H groups in total. The van der Waals surface area contributed by atoms with Gasteiger partial charge in [-0.1, -0.05) is 37.3 Å². The first kappa shape index (κ1) is 18.5. The fourth-order valence-electron chi connectivity index (χ4n) is 4.09. The summed E-state index contributed by atoms with van der Waals surface area (Å²) in [5.74, 6) is 1.58. The number of imidazole rings is 1. The predicted octanol–water partition coefficient (Wildman–Crippen LogP) is 3.17. The molecular weight excluding hydrogens is 350 g/mol. The van der Waals surface area contributed by atoms with Crippen LogP contribution in [0.25, 0.3) is 0 Å². The van der Waals surface area contributed by atoms with Crippen LogP contribution in [-0.2, 0) is 24.2 Å². The van der Waals surface area contributed by atoms with E-state index in [9.17, 15) is 4.79 Å². The van der Waals surface area contributed by atoms with Gasteiger partial charge >= 0.3 is 0 Å². The minimum atomic E-state index is 0.181. The number of benzene rings is 1. The molecule has 3 aromatic rings. The van der Waals surface area contributed by atoms with Gasteiger partial charge in [0.1, 0.15) is 12.4 Å². The SMILES string of the molecule is CCc1nccn1CC(=O)N1CCC(c2[nH]ncc2Cc2ccccc2)CC1. The molecule has 6 nitrogen and oxygen atoms in total. The van der Waals surface area contributed by atoms with Gasteiger partial charge in [0, 0.05) is 49.9 Å². The number of piperidine rings is 1. The summed E-state index contributed by atoms with van der Waals surface area (Å²) in [6.07, 6.45) is 9.29. The van der Waals surface area contributed by atoms with Gasteiger partial charge in [0.2, 0.25) is 5.91 Å². The number of aromatic nitrogens is 4. The van der Waals surface area contributed by atoms with E-state index in [4.69, 9.17) is 0 Å². The Hall–Kier alpha value is -2.89. The van der Waals surface area contributed by atoms with Crippen molar-refractivity contribution in [3.05, 3.63) is 71.6 Å². The molecule has 0 atom stereocenters. The molecule has 0 bridgehead atoms. The number of nitrogens with one attached hydrogen (secondary N) is 1. The van der Waals surface area contributed by atoms with Crippen LogP contribution >= 0.6 is 0 Å². The minimum absolute atomic E-state index is 0.181. The smallest absolute Gasteiger partial charge is 0.242 e. The number of aromatic amines is 1. The van der Waals surface area contributed by atoms with Crippen LogP contribution in [0, 0.1) is 0 Å². The normalized spacial score (nSPS) is 15.1. The van der Waals surface area contributed by atoms with Crippen LogP contribution in [0.4, 0.5) is 0 Å². The molecule has 3 heterocycles. The molecule has 1 fully saturated rings. The highest BCUT2D eigenvalue weighted by atomic mass is 16.2. The molecule has 0 unspecified atom stereocenters. The van der Waals surface area contributed by atoms with Crippen molar-refractivity contribution in [3.63, 3.8) is 0 Å². The number of rotatable bonds is 6. The predicted molar refractivity (Wildman–Crippen MR) is 108 cm³/mol. The Morgan fingerprint density at radius 3 is 2.75 bits per heavy atom. The largest absolute Gasteiger partial charge is 0.341 e. The number of carbonyl (C=O) groups is 1. The number of amides is 1. The first-order chi connectivity index (χ1) is 13.7. The second kappa shape index (κ2) is 8.42. The van der Waals surface area contributed by atoms with Crippen molar-refractivity contribution in [2.24, 2.45) is 0 Å². The van der Waals surface area contributed by atoms with Gasteiger partial charge in [-0.05, 0) is 24.0 Å². The number of carbonyl (C=O) groups excluding carboxylic acids is 1. The van der Waals surface area contributed by atoms with E-state index in [2.05, 4.69) is 46.4 Å². The van der Waals surface area contributed by atoms with Gasteiger partial charge in [0.05, 0.1) is 6.20 Å². The van der Waals surface area contributed by atoms with E-state index in [0.29, 0.717) is 12.5 Å². The highest BCUT2D eigenvalue weighted by Crippen LogP contribution is 2.30. The maximum atomic E-state index is 12.7. The third-order valence-electron chi connectivity index (χ3n) is 5.67. The van der Waals surface area contributed by atoms with Crippen molar-refractivity contribution in [3.8, 4) is 0 Å². The maximum Gasteiger partial charge on any atom is 0.242 e. The lowest BCUT2D eigenvalue weighted by molar-refractivity contribution is -0.132. The van der Waals surface area contributed by atoms with Crippen LogP contribution in [0.15, 0.2) is 48.9 Å². The van der Waals surface area contributed by atoms with E-state index in [1.54, 1.807) is 6.20 Å². The summed E-state index contributed by atoms with van der Waals surface area (Å²) in [4.78, 5) is 19.0. The van der Waals surface area contributed by atoms with Crippen molar-refractivity contribution in [1.29, 1.82) is 0 Å². The molecule has 6 heteroatoms. The summed E-state index contributed by atoms with van der Waals surface area (Å²) in [6.45, 7) is 4.04. The van der Waals surface area contributed by atoms with E-state index < -0.39 is 0 Å². The molecule has 0 saturated carbocycles. The maximum absolute atomic E-state index is 12.7. The number of H-pyrrole nitrogens is 1. The van der Waals surface area contributed by atoms with Crippen LogP contribution in [0.2, 0.25) is 0 Å². The lowest BCUT2D eigenvalue weighted by atomic mass is 9.90. The lowest BCUT2D eigenvalue weighted by Gasteiger charge is -2.32. The molecule has 4 rings (SSSR count). The lowest BCUT2D eigenvalue weighted by Crippen LogP contribution is -2.40. The average molecular weight is 377 g/mol. The van der Waals surface area contributed by atoms with Gasteiger partial charge in [-0.15, -0.1) is 0 Å². The quantitative estimate of drug-likeness (QED) is 0.717. The molecule has 1 aromatic carbocycles. The Morgan fingerprint density at radius 1 is 1.21 bits per heavy atom. The molecule has 0 radical (unpaired) electrons. The molecular formula is C22H27N5O. The number of aryl methyl sites for hydroxylation is 1. The van der Waals surface area contributed by atoms with Crippen molar-refractivity contribution < 1.29 is 4.79 Å². The van der Waals surface area contributed by atoms with E-state index in [-0.39, 0.29) is 5.91 Å². The Labute approximate surface area is 165 Å². The molecule has 1 saturated heterocycles. The highest BCUT2D eigenvalue weighted by Gasteiger charge is 2.26. The number of hydrogen-bond donors (Lipinski definition) is 1. The fourth-order valence-corrected chi connectivity index (χ4v) is 4.09. The highest BCUT2D eigenvalue weighted by molar-refractivity contribution is 5.76. The third-order valence-corrected chi connectivity index (χ3v) is 5.67. The second-order valence-electron chi connectivity index (χ2n) is 7.45. The van der Waals surface area contributed by atoms with Crippen molar-refractivity contribution >= 4 is 5.91 Å². The Bertz CT molecular complexity index is 906. The van der Waals surface area contributed by atoms with Crippen molar-refractivity contribution in [2.75, 3.05) is 13.1 Å². The third kappa shape index (κ3) is 4.01. The van der Waals surface area contributed by atoms with Crippen LogP contribution in [0.5, 0.6) is 0 Å². The molecule has 0 aliphatic carbocycles. The summed E-state index contributed by atoms with van der Waals surface area (Å²) in [7, 11) is 0. The second-order valence-corrected chi connectivity index (χ2v) is 7.45. The van der Waals surface area contributed by atoms with E-state index in [1.807, 2.05) is 27.9 Å². The summed E-state index contributed by atoms with van der Waals surface area (Å²) in [5.41, 5.74) is 3.80. The summed E-state index contributed by atoms with van der Waals surface area (Å²) in [6, 6.07) is 10.5. The zero-order valence-electron chi connectivity index (χ0n) is 16.3. The zero-order valence-corrected chi connectivity index (χ0v) is 16.3. The monoisotopic (exact) mass is 377 g/mol. The minimum Gasteiger partial charge on any atom is -0.341 e. The van der Waals surface area contributed by atoms with Crippen LogP contribution in [0.3, 0.4) is 0 Å². The molecule has 1 aliphatic heterocycles. The van der Waals surface area contributed by atoms with Gasteiger partial charge in [-0.2, -0.15) is 5.10 Å². The zero-order chi connectivity index (χ0) is 19.3. The topological polar surface area (TPSA) is 66.8 Å². The Balaban J connectivity index is 1.36. The van der Waals surface area contributed by atoms with Crippen molar-refractivity contribution in [2.45, 2.75) is 45.1 Å². The van der Waals surface area contributed by atoms with Gasteiger partial charge in [-0.3, -0.25) is 9.89 Å². The van der Waals surface area contributed by atoms with Crippen LogP contribution in [0.1, 0.15) is 48.3 Å².